The summed E-state index contributed by atoms with van der Waals surface area (Å²) in [6, 6.07) is 14.8. The molecule has 10 heteroatoms. The summed E-state index contributed by atoms with van der Waals surface area (Å²) in [5.41, 5.74) is 6.80. The van der Waals surface area contributed by atoms with Gasteiger partial charge in [0.15, 0.2) is 5.65 Å². The lowest BCUT2D eigenvalue weighted by atomic mass is 10.0. The third kappa shape index (κ3) is 4.39. The van der Waals surface area contributed by atoms with Gasteiger partial charge in [-0.2, -0.15) is 5.10 Å². The molecule has 0 radical (unpaired) electrons. The Kier molecular flexibility index (Phi) is 6.23. The SMILES string of the molecule is Cc1ccc(S(=O)(=O)n2ccc3c(-c4cc(-c5c(C)n[nH]c5C)cc(N5CCOC[C@H]5C)n4)ccnc32)cc1. The van der Waals surface area contributed by atoms with E-state index in [1.807, 2.05) is 32.9 Å². The fourth-order valence-corrected chi connectivity index (χ4v) is 6.55. The molecule has 1 aromatic carbocycles. The molecule has 0 unspecified atom stereocenters. The van der Waals surface area contributed by atoms with Crippen molar-refractivity contribution < 1.29 is 13.2 Å². The van der Waals surface area contributed by atoms with Crippen molar-refractivity contribution in [3.63, 3.8) is 0 Å². The van der Waals surface area contributed by atoms with E-state index in [0.717, 1.165) is 51.7 Å². The molecule has 1 aliphatic rings. The van der Waals surface area contributed by atoms with E-state index in [4.69, 9.17) is 9.72 Å². The highest BCUT2D eigenvalue weighted by atomic mass is 32.2. The van der Waals surface area contributed by atoms with E-state index in [2.05, 4.69) is 33.1 Å². The number of hydrogen-bond donors (Lipinski definition) is 1. The molecule has 1 fully saturated rings. The molecular formula is C29H30N6O3S. The molecule has 4 aromatic heterocycles. The summed E-state index contributed by atoms with van der Waals surface area (Å²) in [6.45, 7) is 10.0. The Balaban J connectivity index is 1.53. The van der Waals surface area contributed by atoms with Gasteiger partial charge in [0, 0.05) is 41.1 Å². The molecule has 200 valence electrons. The van der Waals surface area contributed by atoms with Crippen molar-refractivity contribution in [1.82, 2.24) is 24.1 Å². The molecule has 39 heavy (non-hydrogen) atoms. The smallest absolute Gasteiger partial charge is 0.269 e. The molecule has 1 N–H and O–H groups in total. The maximum absolute atomic E-state index is 13.5. The van der Waals surface area contributed by atoms with Crippen molar-refractivity contribution in [3.05, 3.63) is 77.9 Å². The number of pyridine rings is 2. The largest absolute Gasteiger partial charge is 0.377 e. The Morgan fingerprint density at radius 2 is 1.85 bits per heavy atom. The van der Waals surface area contributed by atoms with Crippen LogP contribution in [0.2, 0.25) is 0 Å². The minimum atomic E-state index is -3.83. The molecule has 1 atom stereocenters. The summed E-state index contributed by atoms with van der Waals surface area (Å²) in [4.78, 5) is 12.0. The molecule has 5 aromatic rings. The van der Waals surface area contributed by atoms with E-state index < -0.39 is 10.0 Å². The van der Waals surface area contributed by atoms with Gasteiger partial charge in [-0.1, -0.05) is 17.7 Å². The van der Waals surface area contributed by atoms with Gasteiger partial charge in [0.25, 0.3) is 10.0 Å². The van der Waals surface area contributed by atoms with Gasteiger partial charge in [-0.25, -0.2) is 22.4 Å². The summed E-state index contributed by atoms with van der Waals surface area (Å²) in [5.74, 6) is 0.843. The number of anilines is 1. The molecule has 0 aliphatic carbocycles. The summed E-state index contributed by atoms with van der Waals surface area (Å²) in [6.07, 6.45) is 3.20. The second-order valence-electron chi connectivity index (χ2n) is 10.1. The van der Waals surface area contributed by atoms with Gasteiger partial charge >= 0.3 is 0 Å². The predicted octanol–water partition coefficient (Wildman–Crippen LogP) is 4.88. The quantitative estimate of drug-likeness (QED) is 0.338. The minimum Gasteiger partial charge on any atom is -0.377 e. The molecule has 9 nitrogen and oxygen atoms in total. The van der Waals surface area contributed by atoms with Gasteiger partial charge < -0.3 is 9.64 Å². The van der Waals surface area contributed by atoms with Gasteiger partial charge in [-0.15, -0.1) is 0 Å². The van der Waals surface area contributed by atoms with Crippen LogP contribution in [-0.4, -0.2) is 58.4 Å². The molecule has 5 heterocycles. The molecular weight excluding hydrogens is 512 g/mol. The third-order valence-corrected chi connectivity index (χ3v) is 8.98. The number of aryl methyl sites for hydroxylation is 3. The highest BCUT2D eigenvalue weighted by molar-refractivity contribution is 7.90. The minimum absolute atomic E-state index is 0.166. The number of nitrogens with zero attached hydrogens (tertiary/aromatic N) is 5. The van der Waals surface area contributed by atoms with Crippen LogP contribution in [0.15, 0.2) is 65.8 Å². The van der Waals surface area contributed by atoms with E-state index in [9.17, 15) is 8.42 Å². The monoisotopic (exact) mass is 542 g/mol. The second kappa shape index (κ2) is 9.62. The van der Waals surface area contributed by atoms with Gasteiger partial charge in [-0.3, -0.25) is 5.10 Å². The lowest BCUT2D eigenvalue weighted by Gasteiger charge is -2.34. The van der Waals surface area contributed by atoms with E-state index >= 15 is 0 Å². The number of nitrogens with one attached hydrogen (secondary N) is 1. The topological polar surface area (TPSA) is 106 Å². The number of benzene rings is 1. The first-order chi connectivity index (χ1) is 18.7. The predicted molar refractivity (Wildman–Crippen MR) is 151 cm³/mol. The summed E-state index contributed by atoms with van der Waals surface area (Å²) in [5, 5.41) is 8.20. The molecule has 1 aliphatic heterocycles. The van der Waals surface area contributed by atoms with Gasteiger partial charge in [-0.05, 0) is 69.7 Å². The number of aromatic amines is 1. The van der Waals surface area contributed by atoms with Gasteiger partial charge in [0.1, 0.15) is 5.82 Å². The maximum atomic E-state index is 13.5. The molecule has 1 saturated heterocycles. The Hall–Kier alpha value is -4.02. The zero-order valence-corrected chi connectivity index (χ0v) is 23.2. The van der Waals surface area contributed by atoms with Crippen molar-refractivity contribution in [2.45, 2.75) is 38.6 Å². The summed E-state index contributed by atoms with van der Waals surface area (Å²) < 4.78 is 34.0. The first-order valence-corrected chi connectivity index (χ1v) is 14.3. The summed E-state index contributed by atoms with van der Waals surface area (Å²) in [7, 11) is -3.83. The molecule has 0 saturated carbocycles. The van der Waals surface area contributed by atoms with Crippen molar-refractivity contribution in [1.29, 1.82) is 0 Å². The zero-order valence-electron chi connectivity index (χ0n) is 22.3. The van der Waals surface area contributed by atoms with Crippen LogP contribution < -0.4 is 4.90 Å². The van der Waals surface area contributed by atoms with Crippen LogP contribution in [0.25, 0.3) is 33.4 Å². The van der Waals surface area contributed by atoms with Crippen molar-refractivity contribution in [3.8, 4) is 22.4 Å². The van der Waals surface area contributed by atoms with Crippen molar-refractivity contribution in [2.24, 2.45) is 0 Å². The van der Waals surface area contributed by atoms with Crippen LogP contribution in [0.4, 0.5) is 5.82 Å². The van der Waals surface area contributed by atoms with Gasteiger partial charge in [0.05, 0.1) is 35.5 Å². The highest BCUT2D eigenvalue weighted by Gasteiger charge is 2.25. The normalized spacial score (nSPS) is 16.2. The van der Waals surface area contributed by atoms with E-state index in [1.54, 1.807) is 42.7 Å². The number of rotatable bonds is 5. The molecule has 0 amide bonds. The lowest BCUT2D eigenvalue weighted by molar-refractivity contribution is 0.0985. The first kappa shape index (κ1) is 25.3. The number of morpholine rings is 1. The van der Waals surface area contributed by atoms with Crippen LogP contribution in [0.5, 0.6) is 0 Å². The first-order valence-electron chi connectivity index (χ1n) is 12.9. The molecule has 0 bridgehead atoms. The number of fused-ring (bicyclic) bond motifs is 1. The molecule has 0 spiro atoms. The van der Waals surface area contributed by atoms with Crippen LogP contribution in [0.3, 0.4) is 0 Å². The number of ether oxygens (including phenoxy) is 1. The number of aromatic nitrogens is 5. The Morgan fingerprint density at radius 3 is 2.56 bits per heavy atom. The van der Waals surface area contributed by atoms with Crippen LogP contribution in [-0.2, 0) is 14.8 Å². The van der Waals surface area contributed by atoms with Crippen LogP contribution in [0.1, 0.15) is 23.9 Å². The highest BCUT2D eigenvalue weighted by Crippen LogP contribution is 2.36. The molecule has 6 rings (SSSR count). The average molecular weight is 543 g/mol. The number of H-pyrrole nitrogens is 1. The van der Waals surface area contributed by atoms with Crippen molar-refractivity contribution >= 4 is 26.9 Å². The Morgan fingerprint density at radius 1 is 1.05 bits per heavy atom. The van der Waals surface area contributed by atoms with E-state index in [1.165, 1.54) is 3.97 Å². The van der Waals surface area contributed by atoms with Crippen LogP contribution in [0, 0.1) is 20.8 Å². The average Bonchev–Trinajstić information content (AvgIpc) is 3.52. The second-order valence-corrected chi connectivity index (χ2v) is 11.9. The standard InChI is InChI=1S/C29H30N6O3S/c1-18-5-7-23(8-6-18)39(36,37)35-12-10-25-24(9-11-30-29(25)35)26-15-22(28-20(3)32-33-21(28)4)16-27(31-26)34-13-14-38-17-19(34)2/h5-12,15-16,19H,13-14,17H2,1-4H3,(H,32,33)/t19-/m1/s1. The van der Waals surface area contributed by atoms with E-state index in [-0.39, 0.29) is 10.9 Å². The summed E-state index contributed by atoms with van der Waals surface area (Å²) >= 11 is 0. The Labute approximate surface area is 227 Å². The lowest BCUT2D eigenvalue weighted by Crippen LogP contribution is -2.44. The van der Waals surface area contributed by atoms with Crippen LogP contribution >= 0.6 is 0 Å². The van der Waals surface area contributed by atoms with E-state index in [0.29, 0.717) is 24.2 Å². The fourth-order valence-electron chi connectivity index (χ4n) is 5.25. The van der Waals surface area contributed by atoms with Gasteiger partial charge in [0.2, 0.25) is 0 Å². The maximum Gasteiger partial charge on any atom is 0.269 e. The fraction of sp³-hybridized carbons (Fsp3) is 0.276. The Bertz CT molecular complexity index is 1770. The van der Waals surface area contributed by atoms with Crippen molar-refractivity contribution in [2.75, 3.05) is 24.7 Å². The number of hydrogen-bond acceptors (Lipinski definition) is 7. The zero-order chi connectivity index (χ0) is 27.3. The third-order valence-electron chi connectivity index (χ3n) is 7.30.